The molecule has 2 heterocycles. The van der Waals surface area contributed by atoms with Crippen molar-refractivity contribution in [3.05, 3.63) is 64.5 Å². The number of aromatic nitrogens is 3. The molecule has 2 aromatic heterocycles. The van der Waals surface area contributed by atoms with Crippen LogP contribution in [-0.4, -0.2) is 26.8 Å². The van der Waals surface area contributed by atoms with Gasteiger partial charge < -0.3 is 9.73 Å². The normalized spacial score (nSPS) is 13.7. The molecule has 8 heteroatoms. The fourth-order valence-electron chi connectivity index (χ4n) is 2.82. The van der Waals surface area contributed by atoms with Crippen molar-refractivity contribution in [3.8, 4) is 11.6 Å². The minimum absolute atomic E-state index is 0.0281. The lowest BCUT2D eigenvalue weighted by molar-refractivity contribution is 0.0947. The number of carbonyl (C=O) groups is 1. The summed E-state index contributed by atoms with van der Waals surface area (Å²) in [6.45, 7) is 0.346. The first-order valence-corrected chi connectivity index (χ1v) is 8.41. The summed E-state index contributed by atoms with van der Waals surface area (Å²) < 4.78 is 21.9. The predicted octanol–water partition coefficient (Wildman–Crippen LogP) is 2.21. The molecule has 0 spiro atoms. The van der Waals surface area contributed by atoms with Gasteiger partial charge in [0.15, 0.2) is 5.76 Å². The number of benzene rings is 1. The number of nitrogens with one attached hydrogen (secondary N) is 1. The first-order valence-electron chi connectivity index (χ1n) is 8.41. The number of rotatable bonds is 6. The number of halogens is 1. The highest BCUT2D eigenvalue weighted by Gasteiger charge is 2.31. The second-order valence-corrected chi connectivity index (χ2v) is 6.14. The number of nitrogens with zero attached hydrogens (tertiary/aromatic N) is 3. The Morgan fingerprint density at radius 1 is 1.27 bits per heavy atom. The molecule has 0 aliphatic heterocycles. The van der Waals surface area contributed by atoms with E-state index < -0.39 is 11.7 Å². The van der Waals surface area contributed by atoms with Crippen LogP contribution in [0.25, 0.3) is 11.6 Å². The highest BCUT2D eigenvalue weighted by atomic mass is 19.1. The maximum absolute atomic E-state index is 13.6. The van der Waals surface area contributed by atoms with Gasteiger partial charge in [0, 0.05) is 12.6 Å². The molecule has 1 amide bonds. The van der Waals surface area contributed by atoms with Crippen molar-refractivity contribution < 1.29 is 13.6 Å². The molecule has 0 atom stereocenters. The van der Waals surface area contributed by atoms with E-state index in [9.17, 15) is 14.0 Å². The third kappa shape index (κ3) is 3.05. The van der Waals surface area contributed by atoms with Crippen LogP contribution in [0.3, 0.4) is 0 Å². The molecule has 0 saturated heterocycles. The van der Waals surface area contributed by atoms with E-state index in [1.165, 1.54) is 29.1 Å². The Kier molecular flexibility index (Phi) is 4.16. The Hall–Kier alpha value is -3.16. The zero-order valence-electron chi connectivity index (χ0n) is 13.9. The summed E-state index contributed by atoms with van der Waals surface area (Å²) >= 11 is 0. The van der Waals surface area contributed by atoms with E-state index >= 15 is 0 Å². The lowest BCUT2D eigenvalue weighted by Crippen LogP contribution is -2.32. The predicted molar refractivity (Wildman–Crippen MR) is 91.2 cm³/mol. The average Bonchev–Trinajstić information content (AvgIpc) is 3.21. The van der Waals surface area contributed by atoms with E-state index in [4.69, 9.17) is 4.42 Å². The van der Waals surface area contributed by atoms with E-state index in [1.54, 1.807) is 22.8 Å². The van der Waals surface area contributed by atoms with Gasteiger partial charge in [0.1, 0.15) is 5.82 Å². The van der Waals surface area contributed by atoms with Gasteiger partial charge in [-0.15, -0.1) is 5.10 Å². The number of carbonyl (C=O) groups excluding carboxylic acids is 1. The zero-order chi connectivity index (χ0) is 18.1. The summed E-state index contributed by atoms with van der Waals surface area (Å²) in [6.07, 6.45) is 3.40. The topological polar surface area (TPSA) is 82.1 Å². The lowest BCUT2D eigenvalue weighted by atomic mass is 10.2. The van der Waals surface area contributed by atoms with Crippen LogP contribution in [0, 0.1) is 5.82 Å². The number of hydrogen-bond donors (Lipinski definition) is 1. The van der Waals surface area contributed by atoms with Gasteiger partial charge in [-0.1, -0.05) is 12.1 Å². The van der Waals surface area contributed by atoms with E-state index in [0.29, 0.717) is 11.6 Å². The third-order valence-corrected chi connectivity index (χ3v) is 4.25. The number of amides is 1. The van der Waals surface area contributed by atoms with Gasteiger partial charge in [-0.3, -0.25) is 9.36 Å². The molecular formula is C18H17FN4O3. The summed E-state index contributed by atoms with van der Waals surface area (Å²) in [5.41, 5.74) is -0.265. The fourth-order valence-corrected chi connectivity index (χ4v) is 2.82. The van der Waals surface area contributed by atoms with Crippen LogP contribution in [0.2, 0.25) is 0 Å². The zero-order valence-corrected chi connectivity index (χ0v) is 13.9. The van der Waals surface area contributed by atoms with Crippen LogP contribution in [0.15, 0.2) is 51.9 Å². The van der Waals surface area contributed by atoms with Crippen LogP contribution >= 0.6 is 0 Å². The summed E-state index contributed by atoms with van der Waals surface area (Å²) in [6, 6.07) is 9.39. The monoisotopic (exact) mass is 356 g/mol. The van der Waals surface area contributed by atoms with Crippen molar-refractivity contribution in [2.75, 3.05) is 6.54 Å². The molecule has 0 bridgehead atoms. The summed E-state index contributed by atoms with van der Waals surface area (Å²) in [7, 11) is 0. The molecule has 1 fully saturated rings. The number of hydrogen-bond acceptors (Lipinski definition) is 4. The molecule has 1 aromatic carbocycles. The highest BCUT2D eigenvalue weighted by Crippen LogP contribution is 2.36. The Morgan fingerprint density at radius 2 is 2.08 bits per heavy atom. The van der Waals surface area contributed by atoms with E-state index in [0.717, 1.165) is 12.8 Å². The van der Waals surface area contributed by atoms with Crippen molar-refractivity contribution in [3.63, 3.8) is 0 Å². The van der Waals surface area contributed by atoms with E-state index in [-0.39, 0.29) is 30.4 Å². The molecule has 1 N–H and O–H groups in total. The molecule has 134 valence electrons. The first-order chi connectivity index (χ1) is 12.6. The Labute approximate surface area is 148 Å². The van der Waals surface area contributed by atoms with Gasteiger partial charge in [0.2, 0.25) is 5.82 Å². The van der Waals surface area contributed by atoms with Gasteiger partial charge in [-0.2, -0.15) is 0 Å². The quantitative estimate of drug-likeness (QED) is 0.734. The maximum Gasteiger partial charge on any atom is 0.346 e. The molecule has 1 saturated carbocycles. The standard InChI is InChI=1S/C18H17FN4O3/c19-14-5-2-1-4-13(14)17(24)20-9-10-22-18(25)23(12-7-8-12)16(21-22)15-6-3-11-26-15/h1-6,11-12H,7-10H2,(H,20,24). The molecule has 1 aliphatic rings. The molecule has 7 nitrogen and oxygen atoms in total. The molecule has 1 aliphatic carbocycles. The number of furan rings is 1. The first kappa shape index (κ1) is 16.3. The van der Waals surface area contributed by atoms with Gasteiger partial charge >= 0.3 is 5.69 Å². The van der Waals surface area contributed by atoms with E-state index in [1.807, 2.05) is 0 Å². The van der Waals surface area contributed by atoms with Crippen LogP contribution < -0.4 is 11.0 Å². The molecule has 0 unspecified atom stereocenters. The molecule has 0 radical (unpaired) electrons. The van der Waals surface area contributed by atoms with E-state index in [2.05, 4.69) is 10.4 Å². The van der Waals surface area contributed by atoms with Gasteiger partial charge in [0.05, 0.1) is 18.4 Å². The Bertz CT molecular complexity index is 986. The Balaban J connectivity index is 1.49. The summed E-state index contributed by atoms with van der Waals surface area (Å²) in [5.74, 6) is -0.0876. The molecular weight excluding hydrogens is 339 g/mol. The fraction of sp³-hybridized carbons (Fsp3) is 0.278. The van der Waals surface area contributed by atoms with Crippen LogP contribution in [0.1, 0.15) is 29.2 Å². The molecule has 3 aromatic rings. The average molecular weight is 356 g/mol. The molecule has 4 rings (SSSR count). The van der Waals surface area contributed by atoms with Gasteiger partial charge in [0.25, 0.3) is 5.91 Å². The highest BCUT2D eigenvalue weighted by molar-refractivity contribution is 5.94. The van der Waals surface area contributed by atoms with Crippen LogP contribution in [-0.2, 0) is 6.54 Å². The van der Waals surface area contributed by atoms with Crippen LogP contribution in [0.4, 0.5) is 4.39 Å². The van der Waals surface area contributed by atoms with Crippen molar-refractivity contribution in [1.82, 2.24) is 19.7 Å². The summed E-state index contributed by atoms with van der Waals surface area (Å²) in [5, 5.41) is 6.96. The van der Waals surface area contributed by atoms with Gasteiger partial charge in [-0.05, 0) is 37.1 Å². The van der Waals surface area contributed by atoms with Crippen molar-refractivity contribution >= 4 is 5.91 Å². The van der Waals surface area contributed by atoms with Crippen molar-refractivity contribution in [1.29, 1.82) is 0 Å². The lowest BCUT2D eigenvalue weighted by Gasteiger charge is -2.05. The SMILES string of the molecule is O=C(NCCn1nc(-c2ccco2)n(C2CC2)c1=O)c1ccccc1F. The van der Waals surface area contributed by atoms with Crippen LogP contribution in [0.5, 0.6) is 0 Å². The minimum Gasteiger partial charge on any atom is -0.461 e. The minimum atomic E-state index is -0.583. The van der Waals surface area contributed by atoms with Crippen molar-refractivity contribution in [2.24, 2.45) is 0 Å². The Morgan fingerprint density at radius 3 is 2.77 bits per heavy atom. The summed E-state index contributed by atoms with van der Waals surface area (Å²) in [4.78, 5) is 24.7. The van der Waals surface area contributed by atoms with Gasteiger partial charge in [-0.25, -0.2) is 13.9 Å². The largest absolute Gasteiger partial charge is 0.461 e. The van der Waals surface area contributed by atoms with Crippen molar-refractivity contribution in [2.45, 2.75) is 25.4 Å². The smallest absolute Gasteiger partial charge is 0.346 e. The third-order valence-electron chi connectivity index (χ3n) is 4.25. The molecule has 26 heavy (non-hydrogen) atoms. The maximum atomic E-state index is 13.6. The second kappa shape index (κ2) is 6.62. The second-order valence-electron chi connectivity index (χ2n) is 6.14.